The van der Waals surface area contributed by atoms with Gasteiger partial charge in [0.25, 0.3) is 0 Å². The van der Waals surface area contributed by atoms with Gasteiger partial charge in [0.05, 0.1) is 0 Å². The minimum atomic E-state index is 0.436. The van der Waals surface area contributed by atoms with Crippen LogP contribution in [0.2, 0.25) is 0 Å². The van der Waals surface area contributed by atoms with Crippen molar-refractivity contribution in [3.05, 3.63) is 76.4 Å². The smallest absolute Gasteiger partial charge is 0.0281 e. The van der Waals surface area contributed by atoms with Crippen LogP contribution in [-0.2, 0) is 0 Å². The average Bonchev–Trinajstić information content (AvgIpc) is 2.77. The number of rotatable bonds is 1. The van der Waals surface area contributed by atoms with Crippen molar-refractivity contribution in [2.24, 2.45) is 0 Å². The molecule has 1 unspecified atom stereocenters. The molecule has 0 aliphatic heterocycles. The highest BCUT2D eigenvalue weighted by atomic mass is 14.2. The maximum atomic E-state index is 2.31. The lowest BCUT2D eigenvalue weighted by Crippen LogP contribution is -1.99. The van der Waals surface area contributed by atoms with E-state index in [1.54, 1.807) is 0 Å². The van der Waals surface area contributed by atoms with Gasteiger partial charge in [0.2, 0.25) is 0 Å². The third-order valence-electron chi connectivity index (χ3n) is 3.78. The molecule has 17 heavy (non-hydrogen) atoms. The molecule has 1 aliphatic rings. The van der Waals surface area contributed by atoms with E-state index in [9.17, 15) is 0 Å². The lowest BCUT2D eigenvalue weighted by Gasteiger charge is -2.15. The van der Waals surface area contributed by atoms with Crippen LogP contribution >= 0.6 is 0 Å². The van der Waals surface area contributed by atoms with Crippen LogP contribution in [0.3, 0.4) is 0 Å². The van der Waals surface area contributed by atoms with E-state index in [0.717, 1.165) is 0 Å². The van der Waals surface area contributed by atoms with E-state index in [4.69, 9.17) is 0 Å². The second-order valence-electron chi connectivity index (χ2n) is 4.75. The first-order chi connectivity index (χ1) is 8.27. The fourth-order valence-electron chi connectivity index (χ4n) is 2.63. The van der Waals surface area contributed by atoms with Gasteiger partial charge in [-0.15, -0.1) is 0 Å². The summed E-state index contributed by atoms with van der Waals surface area (Å²) < 4.78 is 0. The van der Waals surface area contributed by atoms with Gasteiger partial charge in [-0.3, -0.25) is 0 Å². The number of allylic oxidation sites excluding steroid dienone is 1. The van der Waals surface area contributed by atoms with E-state index < -0.39 is 0 Å². The number of hydrogen-bond donors (Lipinski definition) is 0. The Bertz CT molecular complexity index is 591. The minimum absolute atomic E-state index is 0.436. The molecule has 0 nitrogen and oxygen atoms in total. The first-order valence-electron chi connectivity index (χ1n) is 6.10. The monoisotopic (exact) mass is 220 g/mol. The second-order valence-corrected chi connectivity index (χ2v) is 4.75. The molecule has 0 saturated heterocycles. The Morgan fingerprint density at radius 2 is 1.59 bits per heavy atom. The second kappa shape index (κ2) is 3.89. The minimum Gasteiger partial charge on any atom is -0.0720 e. The molecule has 2 aromatic carbocycles. The van der Waals surface area contributed by atoms with Crippen LogP contribution in [0, 0.1) is 13.8 Å². The van der Waals surface area contributed by atoms with Crippen LogP contribution in [-0.4, -0.2) is 0 Å². The lowest BCUT2D eigenvalue weighted by molar-refractivity contribution is 1.02. The summed E-state index contributed by atoms with van der Waals surface area (Å²) in [4.78, 5) is 0. The first-order valence-corrected chi connectivity index (χ1v) is 6.10. The zero-order valence-electron chi connectivity index (χ0n) is 10.3. The van der Waals surface area contributed by atoms with Gasteiger partial charge in [0.1, 0.15) is 0 Å². The molecule has 84 valence electrons. The van der Waals surface area contributed by atoms with Crippen molar-refractivity contribution >= 4 is 6.08 Å². The zero-order valence-corrected chi connectivity index (χ0v) is 10.3. The summed E-state index contributed by atoms with van der Waals surface area (Å²) in [7, 11) is 0. The van der Waals surface area contributed by atoms with E-state index >= 15 is 0 Å². The van der Waals surface area contributed by atoms with Gasteiger partial charge in [-0.2, -0.15) is 0 Å². The first kappa shape index (κ1) is 10.3. The van der Waals surface area contributed by atoms with E-state index in [0.29, 0.717) is 5.92 Å². The summed E-state index contributed by atoms with van der Waals surface area (Å²) in [6, 6.07) is 15.3. The fraction of sp³-hybridized carbons (Fsp3) is 0.176. The lowest BCUT2D eigenvalue weighted by atomic mass is 9.88. The predicted molar refractivity (Wildman–Crippen MR) is 73.2 cm³/mol. The highest BCUT2D eigenvalue weighted by Gasteiger charge is 2.20. The van der Waals surface area contributed by atoms with Crippen LogP contribution < -0.4 is 0 Å². The molecule has 1 aliphatic carbocycles. The van der Waals surface area contributed by atoms with Crippen LogP contribution in [0.25, 0.3) is 6.08 Å². The van der Waals surface area contributed by atoms with Crippen molar-refractivity contribution in [1.82, 2.24) is 0 Å². The molecule has 0 fully saturated rings. The largest absolute Gasteiger partial charge is 0.0720 e. The number of hydrogen-bond acceptors (Lipinski definition) is 0. The molecule has 0 N–H and O–H groups in total. The molecule has 2 aromatic rings. The Hall–Kier alpha value is -1.82. The Balaban J connectivity index is 2.14. The highest BCUT2D eigenvalue weighted by molar-refractivity contribution is 5.65. The zero-order chi connectivity index (χ0) is 11.8. The highest BCUT2D eigenvalue weighted by Crippen LogP contribution is 2.36. The van der Waals surface area contributed by atoms with Gasteiger partial charge in [-0.25, -0.2) is 0 Å². The Morgan fingerprint density at radius 3 is 2.47 bits per heavy atom. The Morgan fingerprint density at radius 1 is 0.824 bits per heavy atom. The van der Waals surface area contributed by atoms with Gasteiger partial charge in [-0.05, 0) is 41.7 Å². The van der Waals surface area contributed by atoms with Gasteiger partial charge in [0, 0.05) is 5.92 Å². The maximum absolute atomic E-state index is 2.31. The molecule has 0 spiro atoms. The van der Waals surface area contributed by atoms with Crippen LogP contribution in [0.4, 0.5) is 0 Å². The third kappa shape index (κ3) is 1.61. The summed E-state index contributed by atoms with van der Waals surface area (Å²) in [5.74, 6) is 0.436. The van der Waals surface area contributed by atoms with Gasteiger partial charge in [0.15, 0.2) is 0 Å². The van der Waals surface area contributed by atoms with Crippen LogP contribution in [0.5, 0.6) is 0 Å². The molecule has 0 heteroatoms. The maximum Gasteiger partial charge on any atom is 0.0281 e. The van der Waals surface area contributed by atoms with Gasteiger partial charge in [-0.1, -0.05) is 54.6 Å². The molecule has 0 amide bonds. The average molecular weight is 220 g/mol. The fourth-order valence-corrected chi connectivity index (χ4v) is 2.63. The van der Waals surface area contributed by atoms with E-state index in [1.165, 1.54) is 27.8 Å². The van der Waals surface area contributed by atoms with Crippen molar-refractivity contribution in [3.63, 3.8) is 0 Å². The SMILES string of the molecule is Cc1cccc(C2C=Cc3ccccc32)c1C. The number of fused-ring (bicyclic) bond motifs is 1. The normalized spacial score (nSPS) is 17.2. The van der Waals surface area contributed by atoms with Crippen molar-refractivity contribution in [1.29, 1.82) is 0 Å². The van der Waals surface area contributed by atoms with E-state index in [2.05, 4.69) is 68.5 Å². The van der Waals surface area contributed by atoms with Crippen molar-refractivity contribution in [2.45, 2.75) is 19.8 Å². The molecule has 0 radical (unpaired) electrons. The van der Waals surface area contributed by atoms with E-state index in [-0.39, 0.29) is 0 Å². The molecule has 1 atom stereocenters. The summed E-state index contributed by atoms with van der Waals surface area (Å²) in [5.41, 5.74) is 7.02. The number of aryl methyl sites for hydroxylation is 1. The van der Waals surface area contributed by atoms with Crippen molar-refractivity contribution < 1.29 is 0 Å². The van der Waals surface area contributed by atoms with Crippen LogP contribution in [0.1, 0.15) is 33.7 Å². The Kier molecular flexibility index (Phi) is 2.36. The third-order valence-corrected chi connectivity index (χ3v) is 3.78. The van der Waals surface area contributed by atoms with Gasteiger partial charge < -0.3 is 0 Å². The Labute approximate surface area is 103 Å². The topological polar surface area (TPSA) is 0 Å². The molecule has 0 saturated carbocycles. The molecule has 0 bridgehead atoms. The molecular formula is C17H16. The molecule has 0 aromatic heterocycles. The number of benzene rings is 2. The molecule has 0 heterocycles. The van der Waals surface area contributed by atoms with E-state index in [1.807, 2.05) is 0 Å². The quantitative estimate of drug-likeness (QED) is 0.665. The summed E-state index contributed by atoms with van der Waals surface area (Å²) in [6.45, 7) is 4.41. The molecule has 3 rings (SSSR count). The van der Waals surface area contributed by atoms with Crippen molar-refractivity contribution in [3.8, 4) is 0 Å². The predicted octanol–water partition coefficient (Wildman–Crippen LogP) is 4.46. The summed E-state index contributed by atoms with van der Waals surface area (Å²) >= 11 is 0. The van der Waals surface area contributed by atoms with Crippen molar-refractivity contribution in [2.75, 3.05) is 0 Å². The summed E-state index contributed by atoms with van der Waals surface area (Å²) in [5, 5.41) is 0. The molecular weight excluding hydrogens is 204 g/mol. The van der Waals surface area contributed by atoms with Crippen LogP contribution in [0.15, 0.2) is 48.5 Å². The summed E-state index contributed by atoms with van der Waals surface area (Å²) in [6.07, 6.45) is 4.55. The standard InChI is InChI=1S/C17H16/c1-12-6-5-9-15(13(12)2)17-11-10-14-7-3-4-8-16(14)17/h3-11,17H,1-2H3. The van der Waals surface area contributed by atoms with Gasteiger partial charge >= 0.3 is 0 Å².